The van der Waals surface area contributed by atoms with Gasteiger partial charge in [-0.15, -0.1) is 0 Å². The third-order valence-electron chi connectivity index (χ3n) is 12.3. The summed E-state index contributed by atoms with van der Waals surface area (Å²) >= 11 is 0. The Morgan fingerprint density at radius 3 is 1.37 bits per heavy atom. The van der Waals surface area contributed by atoms with Gasteiger partial charge in [0.15, 0.2) is 0 Å². The SMILES string of the molecule is CC/C=C\C/C=C\C/C=C\C/C=C\CCCCCCCCC(=O)NC(COP(=O)([O-])OCC[N+](C)(C)C)C(O)CCCCCCCCCCCCCCCCCCCCCCCCCC. The average Bonchev–Trinajstić information content (AvgIpc) is 3.26. The highest BCUT2D eigenvalue weighted by Crippen LogP contribution is 2.38. The number of allylic oxidation sites excluding steroid dienone is 8. The monoisotopic (exact) mass is 935 g/mol. The average molecular weight is 935 g/mol. The van der Waals surface area contributed by atoms with Crippen LogP contribution in [0.25, 0.3) is 0 Å². The first-order valence-electron chi connectivity index (χ1n) is 27.5. The zero-order valence-corrected chi connectivity index (χ0v) is 44.3. The summed E-state index contributed by atoms with van der Waals surface area (Å²) in [6, 6.07) is -0.810. The minimum absolute atomic E-state index is 0.00777. The Morgan fingerprint density at radius 1 is 0.554 bits per heavy atom. The molecule has 1 amide bonds. The first kappa shape index (κ1) is 63.5. The van der Waals surface area contributed by atoms with Gasteiger partial charge in [-0.2, -0.15) is 0 Å². The predicted octanol–water partition coefficient (Wildman–Crippen LogP) is 15.7. The molecule has 0 saturated carbocycles. The number of amides is 1. The number of unbranched alkanes of at least 4 members (excludes halogenated alkanes) is 29. The highest BCUT2D eigenvalue weighted by atomic mass is 31.2. The van der Waals surface area contributed by atoms with Gasteiger partial charge in [-0.05, 0) is 51.4 Å². The number of carbonyl (C=O) groups excluding carboxylic acids is 1. The standard InChI is InChI=1S/C56H107N2O6P/c1-6-8-10-12-14-16-18-20-22-24-26-27-28-29-30-32-33-35-37-39-41-43-45-47-49-55(59)54(53-64-65(61,62)63-52-51-58(3,4)5)57-56(60)50-48-46-44-42-40-38-36-34-31-25-23-21-19-17-15-13-11-9-7-2/h9,11,15,17,21,23,31,34,54-55,59H,6-8,10,12-14,16,18-20,22,24-30,32-33,35-53H2,1-5H3,(H-,57,60,61,62)/b11-9-,17-15-,23-21-,34-31-. The number of carbonyl (C=O) groups is 1. The van der Waals surface area contributed by atoms with Crippen LogP contribution in [0.15, 0.2) is 48.6 Å². The minimum Gasteiger partial charge on any atom is -0.756 e. The number of hydrogen-bond donors (Lipinski definition) is 2. The molecule has 65 heavy (non-hydrogen) atoms. The van der Waals surface area contributed by atoms with E-state index >= 15 is 0 Å². The molecule has 0 rings (SSSR count). The van der Waals surface area contributed by atoms with E-state index in [1.807, 2.05) is 21.1 Å². The van der Waals surface area contributed by atoms with Crippen LogP contribution in [0.5, 0.6) is 0 Å². The van der Waals surface area contributed by atoms with E-state index in [9.17, 15) is 19.4 Å². The number of aliphatic hydroxyl groups excluding tert-OH is 1. The fourth-order valence-electron chi connectivity index (χ4n) is 8.03. The summed E-state index contributed by atoms with van der Waals surface area (Å²) < 4.78 is 23.4. The van der Waals surface area contributed by atoms with E-state index < -0.39 is 20.0 Å². The van der Waals surface area contributed by atoms with Gasteiger partial charge >= 0.3 is 0 Å². The number of likely N-dealkylation sites (N-methyl/N-ethyl adjacent to an activating group) is 1. The summed E-state index contributed by atoms with van der Waals surface area (Å²) in [4.78, 5) is 25.5. The summed E-state index contributed by atoms with van der Waals surface area (Å²) in [5.74, 6) is -0.178. The second-order valence-corrected chi connectivity index (χ2v) is 21.3. The maximum atomic E-state index is 13.0. The second-order valence-electron chi connectivity index (χ2n) is 19.9. The van der Waals surface area contributed by atoms with Crippen molar-refractivity contribution in [1.29, 1.82) is 0 Å². The van der Waals surface area contributed by atoms with Crippen molar-refractivity contribution in [3.05, 3.63) is 48.6 Å². The number of phosphoric acid groups is 1. The molecule has 2 N–H and O–H groups in total. The van der Waals surface area contributed by atoms with Gasteiger partial charge in [0.2, 0.25) is 5.91 Å². The molecule has 0 aromatic carbocycles. The molecule has 3 atom stereocenters. The lowest BCUT2D eigenvalue weighted by Gasteiger charge is -2.30. The molecule has 0 heterocycles. The van der Waals surface area contributed by atoms with E-state index in [-0.39, 0.29) is 19.1 Å². The van der Waals surface area contributed by atoms with Gasteiger partial charge in [-0.25, -0.2) is 0 Å². The second kappa shape index (κ2) is 47.5. The minimum atomic E-state index is -4.58. The van der Waals surface area contributed by atoms with Crippen LogP contribution in [-0.4, -0.2) is 68.5 Å². The molecule has 0 aromatic heterocycles. The highest BCUT2D eigenvalue weighted by molar-refractivity contribution is 7.45. The van der Waals surface area contributed by atoms with Gasteiger partial charge in [0.25, 0.3) is 7.82 Å². The summed E-state index contributed by atoms with van der Waals surface area (Å²) in [6.45, 7) is 4.62. The van der Waals surface area contributed by atoms with E-state index in [0.717, 1.165) is 77.0 Å². The van der Waals surface area contributed by atoms with Crippen molar-refractivity contribution in [2.24, 2.45) is 0 Å². The maximum absolute atomic E-state index is 13.0. The van der Waals surface area contributed by atoms with Crippen molar-refractivity contribution in [1.82, 2.24) is 5.32 Å². The third kappa shape index (κ3) is 50.2. The number of nitrogens with zero attached hydrogens (tertiary/aromatic N) is 1. The number of nitrogens with one attached hydrogen (secondary N) is 1. The Labute approximate surface area is 403 Å². The van der Waals surface area contributed by atoms with Gasteiger partial charge in [0.05, 0.1) is 39.9 Å². The molecular weight excluding hydrogens is 828 g/mol. The Kier molecular flexibility index (Phi) is 46.4. The van der Waals surface area contributed by atoms with Crippen LogP contribution in [0.4, 0.5) is 0 Å². The molecular formula is C56H107N2O6P. The highest BCUT2D eigenvalue weighted by Gasteiger charge is 2.24. The van der Waals surface area contributed by atoms with Crippen molar-refractivity contribution >= 4 is 13.7 Å². The lowest BCUT2D eigenvalue weighted by molar-refractivity contribution is -0.870. The number of phosphoric ester groups is 1. The van der Waals surface area contributed by atoms with Crippen LogP contribution in [0.3, 0.4) is 0 Å². The quantitative estimate of drug-likeness (QED) is 0.0272. The number of hydrogen-bond acceptors (Lipinski definition) is 6. The molecule has 0 radical (unpaired) electrons. The van der Waals surface area contributed by atoms with E-state index in [1.54, 1.807) is 0 Å². The van der Waals surface area contributed by atoms with Crippen LogP contribution in [0.2, 0.25) is 0 Å². The molecule has 0 aliphatic carbocycles. The lowest BCUT2D eigenvalue weighted by Crippen LogP contribution is -2.46. The number of rotatable bonds is 50. The molecule has 3 unspecified atom stereocenters. The van der Waals surface area contributed by atoms with E-state index in [1.165, 1.54) is 148 Å². The van der Waals surface area contributed by atoms with Crippen LogP contribution in [0, 0.1) is 0 Å². The Hall–Kier alpha value is -1.54. The van der Waals surface area contributed by atoms with Gasteiger partial charge in [0.1, 0.15) is 13.2 Å². The molecule has 0 saturated heterocycles. The zero-order chi connectivity index (χ0) is 47.8. The Balaban J connectivity index is 4.22. The molecule has 0 aliphatic rings. The van der Waals surface area contributed by atoms with Gasteiger partial charge in [0, 0.05) is 6.42 Å². The molecule has 0 aromatic rings. The van der Waals surface area contributed by atoms with Gasteiger partial charge in [-0.3, -0.25) is 9.36 Å². The normalized spacial score (nSPS) is 14.4. The fraction of sp³-hybridized carbons (Fsp3) is 0.839. The molecule has 8 nitrogen and oxygen atoms in total. The zero-order valence-electron chi connectivity index (χ0n) is 43.4. The maximum Gasteiger partial charge on any atom is 0.268 e. The molecule has 0 bridgehead atoms. The number of aliphatic hydroxyl groups is 1. The lowest BCUT2D eigenvalue weighted by atomic mass is 10.0. The van der Waals surface area contributed by atoms with Gasteiger partial charge < -0.3 is 28.8 Å². The van der Waals surface area contributed by atoms with E-state index in [2.05, 4.69) is 67.8 Å². The number of quaternary nitrogens is 1. The molecule has 9 heteroatoms. The van der Waals surface area contributed by atoms with E-state index in [4.69, 9.17) is 9.05 Å². The van der Waals surface area contributed by atoms with Crippen molar-refractivity contribution in [3.8, 4) is 0 Å². The molecule has 0 aliphatic heterocycles. The summed E-state index contributed by atoms with van der Waals surface area (Å²) in [7, 11) is 1.29. The Bertz CT molecular complexity index is 1200. The summed E-state index contributed by atoms with van der Waals surface area (Å²) in [5.41, 5.74) is 0. The topological polar surface area (TPSA) is 108 Å². The molecule has 382 valence electrons. The van der Waals surface area contributed by atoms with Crippen molar-refractivity contribution in [3.63, 3.8) is 0 Å². The van der Waals surface area contributed by atoms with Crippen LogP contribution in [-0.2, 0) is 18.4 Å². The van der Waals surface area contributed by atoms with Crippen molar-refractivity contribution < 1.29 is 32.9 Å². The predicted molar refractivity (Wildman–Crippen MR) is 279 cm³/mol. The van der Waals surface area contributed by atoms with Crippen LogP contribution >= 0.6 is 7.82 Å². The first-order chi connectivity index (χ1) is 31.5. The van der Waals surface area contributed by atoms with Crippen LogP contribution < -0.4 is 10.2 Å². The third-order valence-corrected chi connectivity index (χ3v) is 13.3. The first-order valence-corrected chi connectivity index (χ1v) is 28.9. The van der Waals surface area contributed by atoms with Crippen molar-refractivity contribution in [2.75, 3.05) is 40.9 Å². The van der Waals surface area contributed by atoms with Gasteiger partial charge in [-0.1, -0.05) is 242 Å². The Morgan fingerprint density at radius 2 is 0.938 bits per heavy atom. The van der Waals surface area contributed by atoms with E-state index in [0.29, 0.717) is 23.9 Å². The van der Waals surface area contributed by atoms with Crippen molar-refractivity contribution in [2.45, 2.75) is 264 Å². The smallest absolute Gasteiger partial charge is 0.268 e. The molecule has 0 fully saturated rings. The van der Waals surface area contributed by atoms with Crippen LogP contribution in [0.1, 0.15) is 251 Å². The molecule has 0 spiro atoms. The largest absolute Gasteiger partial charge is 0.756 e. The fourth-order valence-corrected chi connectivity index (χ4v) is 8.76. The summed E-state index contributed by atoms with van der Waals surface area (Å²) in [5, 5.41) is 14.0. The summed E-state index contributed by atoms with van der Waals surface area (Å²) in [6.07, 6.45) is 61.3.